The van der Waals surface area contributed by atoms with E-state index >= 15 is 0 Å². The Labute approximate surface area is 118 Å². The molecule has 0 aliphatic heterocycles. The van der Waals surface area contributed by atoms with Gasteiger partial charge in [-0.15, -0.1) is 0 Å². The summed E-state index contributed by atoms with van der Waals surface area (Å²) >= 11 is 0. The van der Waals surface area contributed by atoms with Crippen molar-refractivity contribution >= 4 is 21.7 Å². The maximum atomic E-state index is 4.84. The number of hydrogen-bond donors (Lipinski definition) is 0. The first-order valence-electron chi connectivity index (χ1n) is 7.64. The molecule has 0 amide bonds. The molecule has 0 N–H and O–H groups in total. The molecule has 1 heteroatoms. The molecule has 1 heterocycles. The Bertz CT molecular complexity index is 862. The molecule has 2 aliphatic rings. The van der Waals surface area contributed by atoms with Crippen LogP contribution in [-0.4, -0.2) is 4.98 Å². The number of nitrogens with zero attached hydrogens (tertiary/aromatic N) is 1. The summed E-state index contributed by atoms with van der Waals surface area (Å²) in [6.07, 6.45) is 6.28. The van der Waals surface area contributed by atoms with E-state index in [1.54, 1.807) is 11.1 Å². The van der Waals surface area contributed by atoms with E-state index in [9.17, 15) is 0 Å². The summed E-state index contributed by atoms with van der Waals surface area (Å²) in [5.74, 6) is 1.58. The van der Waals surface area contributed by atoms with Crippen LogP contribution in [0.1, 0.15) is 47.8 Å². The summed E-state index contributed by atoms with van der Waals surface area (Å²) in [7, 11) is 0. The lowest BCUT2D eigenvalue weighted by Gasteiger charge is -2.18. The van der Waals surface area contributed by atoms with Gasteiger partial charge in [0.15, 0.2) is 0 Å². The van der Waals surface area contributed by atoms with Crippen LogP contribution in [0.3, 0.4) is 0 Å². The summed E-state index contributed by atoms with van der Waals surface area (Å²) in [5.41, 5.74) is 5.76. The molecule has 2 aromatic carbocycles. The van der Waals surface area contributed by atoms with Crippen molar-refractivity contribution in [2.45, 2.75) is 38.0 Å². The number of hydrogen-bond acceptors (Lipinski definition) is 1. The van der Waals surface area contributed by atoms with Gasteiger partial charge in [-0.3, -0.25) is 4.98 Å². The van der Waals surface area contributed by atoms with Gasteiger partial charge < -0.3 is 0 Å². The Morgan fingerprint density at radius 2 is 1.80 bits per heavy atom. The molecule has 3 aromatic rings. The number of pyridine rings is 1. The van der Waals surface area contributed by atoms with Crippen molar-refractivity contribution in [2.24, 2.45) is 0 Å². The van der Waals surface area contributed by atoms with Gasteiger partial charge in [-0.1, -0.05) is 24.3 Å². The lowest BCUT2D eigenvalue weighted by atomic mass is 9.88. The van der Waals surface area contributed by atoms with Crippen molar-refractivity contribution in [1.29, 1.82) is 0 Å². The second-order valence-electron chi connectivity index (χ2n) is 6.47. The molecule has 20 heavy (non-hydrogen) atoms. The second-order valence-corrected chi connectivity index (χ2v) is 6.47. The average Bonchev–Trinajstić information content (AvgIpc) is 3.09. The average molecular weight is 259 g/mol. The normalized spacial score (nSPS) is 23.6. The van der Waals surface area contributed by atoms with Crippen LogP contribution in [-0.2, 0) is 0 Å². The van der Waals surface area contributed by atoms with E-state index in [1.807, 2.05) is 0 Å². The van der Waals surface area contributed by atoms with Crippen LogP contribution in [0.25, 0.3) is 21.7 Å². The minimum absolute atomic E-state index is 0.790. The lowest BCUT2D eigenvalue weighted by Crippen LogP contribution is -2.01. The minimum Gasteiger partial charge on any atom is -0.255 e. The van der Waals surface area contributed by atoms with Gasteiger partial charge in [0.25, 0.3) is 0 Å². The fourth-order valence-corrected chi connectivity index (χ4v) is 4.55. The van der Waals surface area contributed by atoms with Crippen LogP contribution in [0, 0.1) is 6.92 Å². The first-order valence-corrected chi connectivity index (χ1v) is 7.64. The summed E-state index contributed by atoms with van der Waals surface area (Å²) in [4.78, 5) is 4.84. The van der Waals surface area contributed by atoms with Crippen LogP contribution in [0.2, 0.25) is 0 Å². The molecule has 98 valence electrons. The molecule has 2 bridgehead atoms. The van der Waals surface area contributed by atoms with E-state index in [4.69, 9.17) is 4.98 Å². The van der Waals surface area contributed by atoms with E-state index in [0.29, 0.717) is 0 Å². The maximum Gasteiger partial charge on any atom is 0.0783 e. The zero-order chi connectivity index (χ0) is 13.3. The van der Waals surface area contributed by atoms with E-state index in [-0.39, 0.29) is 0 Å². The highest BCUT2D eigenvalue weighted by molar-refractivity contribution is 6.08. The van der Waals surface area contributed by atoms with Gasteiger partial charge in [-0.2, -0.15) is 0 Å². The monoisotopic (exact) mass is 259 g/mol. The zero-order valence-electron chi connectivity index (χ0n) is 11.7. The van der Waals surface area contributed by atoms with Crippen molar-refractivity contribution in [3.63, 3.8) is 0 Å². The molecule has 2 atom stereocenters. The predicted molar refractivity (Wildman–Crippen MR) is 83.3 cm³/mol. The predicted octanol–water partition coefficient (Wildman–Crippen LogP) is 5.06. The third-order valence-corrected chi connectivity index (χ3v) is 5.44. The minimum atomic E-state index is 0.790. The molecular formula is C19H17N. The van der Waals surface area contributed by atoms with Gasteiger partial charge in [0.1, 0.15) is 0 Å². The first-order chi connectivity index (χ1) is 9.83. The topological polar surface area (TPSA) is 12.9 Å². The summed E-state index contributed by atoms with van der Waals surface area (Å²) in [6, 6.07) is 11.1. The molecule has 1 fully saturated rings. The Kier molecular flexibility index (Phi) is 1.95. The highest BCUT2D eigenvalue weighted by Crippen LogP contribution is 2.55. The maximum absolute atomic E-state index is 4.84. The van der Waals surface area contributed by atoms with Crippen molar-refractivity contribution in [1.82, 2.24) is 4.98 Å². The first kappa shape index (κ1) is 10.8. The van der Waals surface area contributed by atoms with Gasteiger partial charge in [-0.25, -0.2) is 0 Å². The van der Waals surface area contributed by atoms with E-state index < -0.39 is 0 Å². The molecule has 0 saturated heterocycles. The van der Waals surface area contributed by atoms with Crippen LogP contribution in [0.4, 0.5) is 0 Å². The smallest absolute Gasteiger partial charge is 0.0783 e. The summed E-state index contributed by atoms with van der Waals surface area (Å²) in [5, 5.41) is 4.08. The molecule has 1 saturated carbocycles. The van der Waals surface area contributed by atoms with Crippen LogP contribution < -0.4 is 0 Å². The van der Waals surface area contributed by atoms with Gasteiger partial charge in [-0.05, 0) is 66.2 Å². The molecule has 1 aromatic heterocycles. The molecule has 0 spiro atoms. The number of aromatic nitrogens is 1. The van der Waals surface area contributed by atoms with Gasteiger partial charge >= 0.3 is 0 Å². The van der Waals surface area contributed by atoms with E-state index in [2.05, 4.69) is 43.5 Å². The third kappa shape index (κ3) is 1.21. The Balaban J connectivity index is 1.98. The number of benzene rings is 2. The molecule has 0 radical (unpaired) electrons. The third-order valence-electron chi connectivity index (χ3n) is 5.44. The van der Waals surface area contributed by atoms with Gasteiger partial charge in [0, 0.05) is 17.0 Å². The zero-order valence-corrected chi connectivity index (χ0v) is 11.7. The molecule has 5 rings (SSSR count). The molecule has 2 unspecified atom stereocenters. The van der Waals surface area contributed by atoms with Gasteiger partial charge in [0.2, 0.25) is 0 Å². The van der Waals surface area contributed by atoms with Crippen LogP contribution in [0.15, 0.2) is 36.5 Å². The summed E-state index contributed by atoms with van der Waals surface area (Å²) in [6.45, 7) is 2.23. The van der Waals surface area contributed by atoms with Crippen molar-refractivity contribution < 1.29 is 0 Å². The Morgan fingerprint density at radius 1 is 1.00 bits per heavy atom. The van der Waals surface area contributed by atoms with Crippen molar-refractivity contribution in [3.05, 3.63) is 53.2 Å². The van der Waals surface area contributed by atoms with Crippen molar-refractivity contribution in [3.8, 4) is 0 Å². The standard InChI is InChI=1S/C19H17N/c1-11-8-16-18-13-7-6-12(9-13)17(18)10-20-19(16)15-5-3-2-4-14(11)15/h2-5,8,10,12-13H,6-7,9H2,1H3. The highest BCUT2D eigenvalue weighted by Gasteiger charge is 2.38. The molecule has 2 aliphatic carbocycles. The highest BCUT2D eigenvalue weighted by atomic mass is 14.7. The molecular weight excluding hydrogens is 242 g/mol. The number of aryl methyl sites for hydroxylation is 1. The number of rotatable bonds is 0. The fraction of sp³-hybridized carbons (Fsp3) is 0.316. The summed E-state index contributed by atoms with van der Waals surface area (Å²) < 4.78 is 0. The van der Waals surface area contributed by atoms with Gasteiger partial charge in [0.05, 0.1) is 5.52 Å². The second kappa shape index (κ2) is 3.60. The van der Waals surface area contributed by atoms with E-state index in [1.165, 1.54) is 46.5 Å². The SMILES string of the molecule is Cc1cc2c3c(cnc2c2ccccc12)C1CCC3C1. The van der Waals surface area contributed by atoms with Crippen LogP contribution >= 0.6 is 0 Å². The lowest BCUT2D eigenvalue weighted by molar-refractivity contribution is 0.719. The van der Waals surface area contributed by atoms with Crippen LogP contribution in [0.5, 0.6) is 0 Å². The number of fused-ring (bicyclic) bond motifs is 9. The fourth-order valence-electron chi connectivity index (χ4n) is 4.55. The van der Waals surface area contributed by atoms with E-state index in [0.717, 1.165) is 11.8 Å². The quantitative estimate of drug-likeness (QED) is 0.514. The Hall–Kier alpha value is -1.89. The Morgan fingerprint density at radius 3 is 2.70 bits per heavy atom. The molecule has 1 nitrogen and oxygen atoms in total. The largest absolute Gasteiger partial charge is 0.255 e. The van der Waals surface area contributed by atoms with Crippen molar-refractivity contribution in [2.75, 3.05) is 0 Å².